The van der Waals surface area contributed by atoms with Crippen LogP contribution in [0.4, 0.5) is 11.4 Å². The Hall–Kier alpha value is -2.19. The summed E-state index contributed by atoms with van der Waals surface area (Å²) < 4.78 is 6.65. The van der Waals surface area contributed by atoms with Crippen molar-refractivity contribution in [1.82, 2.24) is 0 Å². The normalized spacial score (nSPS) is 19.9. The number of benzene rings is 1. The van der Waals surface area contributed by atoms with E-state index in [0.717, 1.165) is 38.3 Å². The predicted octanol–water partition coefficient (Wildman–Crippen LogP) is 6.88. The number of hydrogen-bond donors (Lipinski definition) is 1. The van der Waals surface area contributed by atoms with E-state index < -0.39 is 14.3 Å². The number of nitro groups is 1. The molecule has 0 saturated heterocycles. The highest BCUT2D eigenvalue weighted by molar-refractivity contribution is 6.74. The molecule has 1 N–H and O–H groups in total. The number of allylic oxidation sites excluding steroid dienone is 1. The van der Waals surface area contributed by atoms with Crippen molar-refractivity contribution in [2.24, 2.45) is 5.92 Å². The Balaban J connectivity index is 2.30. The number of hydrogen-bond acceptors (Lipinski definition) is 5. The summed E-state index contributed by atoms with van der Waals surface area (Å²) in [5, 5.41) is 21.2. The van der Waals surface area contributed by atoms with Gasteiger partial charge in [-0.25, -0.2) is 4.79 Å². The fraction of sp³-hybridized carbons (Fsp3) is 0.654. The fourth-order valence-corrected chi connectivity index (χ4v) is 5.75. The molecule has 1 aliphatic rings. The van der Waals surface area contributed by atoms with Crippen molar-refractivity contribution >= 4 is 31.2 Å². The highest BCUT2D eigenvalue weighted by Crippen LogP contribution is 2.41. The maximum Gasteiger partial charge on any atom is 0.328 e. The molecular formula is C26H42N2O5Si. The number of carboxylic acid groups (broad SMARTS) is 1. The minimum Gasteiger partial charge on any atom is -0.478 e. The van der Waals surface area contributed by atoms with Crippen LogP contribution in [0.25, 0.3) is 5.57 Å². The fourth-order valence-electron chi connectivity index (χ4n) is 4.33. The summed E-state index contributed by atoms with van der Waals surface area (Å²) in [5.74, 6) is -0.725. The molecule has 0 unspecified atom stereocenters. The Morgan fingerprint density at radius 1 is 1.26 bits per heavy atom. The van der Waals surface area contributed by atoms with E-state index in [2.05, 4.69) is 52.6 Å². The lowest BCUT2D eigenvalue weighted by Crippen LogP contribution is -2.47. The summed E-state index contributed by atoms with van der Waals surface area (Å²) in [6.45, 7) is 18.0. The van der Waals surface area contributed by atoms with Crippen LogP contribution in [-0.2, 0) is 9.22 Å². The molecule has 0 aliphatic heterocycles. The third-order valence-electron chi connectivity index (χ3n) is 7.19. The van der Waals surface area contributed by atoms with Crippen LogP contribution in [0.15, 0.2) is 24.3 Å². The molecule has 0 heterocycles. The molecule has 0 atom stereocenters. The van der Waals surface area contributed by atoms with E-state index in [9.17, 15) is 14.9 Å². The van der Waals surface area contributed by atoms with Gasteiger partial charge in [0, 0.05) is 30.8 Å². The molecule has 0 amide bonds. The second-order valence-electron chi connectivity index (χ2n) is 11.5. The van der Waals surface area contributed by atoms with Gasteiger partial charge in [-0.15, -0.1) is 0 Å². The Morgan fingerprint density at radius 2 is 1.85 bits per heavy atom. The molecule has 1 aliphatic carbocycles. The monoisotopic (exact) mass is 490 g/mol. The van der Waals surface area contributed by atoms with Gasteiger partial charge in [0.2, 0.25) is 0 Å². The van der Waals surface area contributed by atoms with Crippen molar-refractivity contribution in [3.8, 4) is 0 Å². The second-order valence-corrected chi connectivity index (χ2v) is 16.2. The Morgan fingerprint density at radius 3 is 2.32 bits per heavy atom. The van der Waals surface area contributed by atoms with Crippen LogP contribution >= 0.6 is 0 Å². The summed E-state index contributed by atoms with van der Waals surface area (Å²) >= 11 is 0. The summed E-state index contributed by atoms with van der Waals surface area (Å²) in [7, 11) is -1.83. The van der Waals surface area contributed by atoms with Crippen molar-refractivity contribution < 1.29 is 19.3 Å². The van der Waals surface area contributed by atoms with Crippen LogP contribution in [0.5, 0.6) is 0 Å². The first-order valence-electron chi connectivity index (χ1n) is 12.3. The van der Waals surface area contributed by atoms with E-state index in [0.29, 0.717) is 22.7 Å². The van der Waals surface area contributed by atoms with Gasteiger partial charge < -0.3 is 14.4 Å². The number of nitrogens with zero attached hydrogens (tertiary/aromatic N) is 2. The second kappa shape index (κ2) is 11.0. The Kier molecular flexibility index (Phi) is 9.10. The summed E-state index contributed by atoms with van der Waals surface area (Å²) in [6.07, 6.45) is 5.11. The molecular weight excluding hydrogens is 448 g/mol. The minimum atomic E-state index is -1.83. The van der Waals surface area contributed by atoms with Crippen LogP contribution in [-0.4, -0.2) is 43.0 Å². The summed E-state index contributed by atoms with van der Waals surface area (Å²) in [5.41, 5.74) is 1.67. The first-order chi connectivity index (χ1) is 15.6. The first-order valence-corrected chi connectivity index (χ1v) is 15.2. The topological polar surface area (TPSA) is 92.9 Å². The minimum absolute atomic E-state index is 0.0240. The Bertz CT molecular complexity index is 912. The maximum atomic E-state index is 12.0. The van der Waals surface area contributed by atoms with Crippen molar-refractivity contribution in [3.05, 3.63) is 40.0 Å². The van der Waals surface area contributed by atoms with Crippen molar-refractivity contribution in [2.45, 2.75) is 97.5 Å². The smallest absolute Gasteiger partial charge is 0.328 e. The van der Waals surface area contributed by atoms with E-state index >= 15 is 0 Å². The predicted molar refractivity (Wildman–Crippen MR) is 141 cm³/mol. The zero-order valence-electron chi connectivity index (χ0n) is 22.1. The lowest BCUT2D eigenvalue weighted by Gasteiger charge is -2.43. The molecule has 8 heteroatoms. The average Bonchev–Trinajstić information content (AvgIpc) is 2.70. The van der Waals surface area contributed by atoms with Gasteiger partial charge in [-0.05, 0) is 73.9 Å². The van der Waals surface area contributed by atoms with Crippen LogP contribution in [0.3, 0.4) is 0 Å². The number of nitro benzene ring substituents is 1. The SMILES string of the molecule is C/C(=C\C(=O)O)c1ccc(N(CC(C)C)[C@H]2CC[C@H](O[Si](C)(C)C(C)(C)C)CC2)c([N+](=O)[O-])c1. The molecule has 0 aromatic heterocycles. The zero-order chi connectivity index (χ0) is 25.8. The van der Waals surface area contributed by atoms with Gasteiger partial charge in [0.1, 0.15) is 5.69 Å². The molecule has 0 spiro atoms. The van der Waals surface area contributed by atoms with Crippen LogP contribution in [0.1, 0.15) is 72.8 Å². The number of carbonyl (C=O) groups is 1. The molecule has 190 valence electrons. The number of anilines is 1. The van der Waals surface area contributed by atoms with Gasteiger partial charge in [0.05, 0.1) is 4.92 Å². The summed E-state index contributed by atoms with van der Waals surface area (Å²) in [6, 6.07) is 5.29. The summed E-state index contributed by atoms with van der Waals surface area (Å²) in [4.78, 5) is 24.9. The molecule has 0 radical (unpaired) electrons. The van der Waals surface area contributed by atoms with Crippen LogP contribution < -0.4 is 4.90 Å². The quantitative estimate of drug-likeness (QED) is 0.175. The number of carboxylic acids is 1. The van der Waals surface area contributed by atoms with Crippen molar-refractivity contribution in [1.29, 1.82) is 0 Å². The van der Waals surface area contributed by atoms with Crippen molar-refractivity contribution in [2.75, 3.05) is 11.4 Å². The number of rotatable bonds is 9. The average molecular weight is 491 g/mol. The van der Waals surface area contributed by atoms with Crippen molar-refractivity contribution in [3.63, 3.8) is 0 Å². The molecule has 2 rings (SSSR count). The van der Waals surface area contributed by atoms with Gasteiger partial charge >= 0.3 is 5.97 Å². The van der Waals surface area contributed by atoms with Crippen LogP contribution in [0.2, 0.25) is 18.1 Å². The highest BCUT2D eigenvalue weighted by atomic mass is 28.4. The lowest BCUT2D eigenvalue weighted by molar-refractivity contribution is -0.384. The first kappa shape index (κ1) is 28.0. The van der Waals surface area contributed by atoms with E-state index in [1.807, 2.05) is 0 Å². The molecule has 34 heavy (non-hydrogen) atoms. The van der Waals surface area contributed by atoms with E-state index in [4.69, 9.17) is 9.53 Å². The van der Waals surface area contributed by atoms with Gasteiger partial charge in [-0.3, -0.25) is 10.1 Å². The maximum absolute atomic E-state index is 12.0. The third kappa shape index (κ3) is 7.15. The lowest BCUT2D eigenvalue weighted by atomic mass is 9.90. The third-order valence-corrected chi connectivity index (χ3v) is 11.7. The molecule has 7 nitrogen and oxygen atoms in total. The largest absolute Gasteiger partial charge is 0.478 e. The molecule has 1 fully saturated rings. The molecule has 0 bridgehead atoms. The molecule has 1 aromatic carbocycles. The van der Waals surface area contributed by atoms with E-state index in [1.165, 1.54) is 6.07 Å². The standard InChI is InChI=1S/C26H42N2O5Si/c1-18(2)17-27(21-10-12-22(13-11-21)33-34(7,8)26(4,5)6)23-14-9-20(16-24(23)28(31)32)19(3)15-25(29)30/h9,14-16,18,21-22H,10-13,17H2,1-8H3,(H,29,30)/b19-15+/t21-,22-. The zero-order valence-corrected chi connectivity index (χ0v) is 23.1. The van der Waals surface area contributed by atoms with Gasteiger partial charge in [-0.1, -0.05) is 40.7 Å². The Labute approximate surface area is 205 Å². The van der Waals surface area contributed by atoms with E-state index in [1.54, 1.807) is 19.1 Å². The van der Waals surface area contributed by atoms with Crippen LogP contribution in [0, 0.1) is 16.0 Å². The molecule has 1 saturated carbocycles. The van der Waals surface area contributed by atoms with Gasteiger partial charge in [0.25, 0.3) is 5.69 Å². The number of aliphatic carboxylic acids is 1. The van der Waals surface area contributed by atoms with E-state index in [-0.39, 0.29) is 27.8 Å². The highest BCUT2D eigenvalue weighted by Gasteiger charge is 2.40. The van der Waals surface area contributed by atoms with Gasteiger partial charge in [0.15, 0.2) is 8.32 Å². The van der Waals surface area contributed by atoms with Gasteiger partial charge in [-0.2, -0.15) is 0 Å². The molecule has 1 aromatic rings.